The summed E-state index contributed by atoms with van der Waals surface area (Å²) < 4.78 is 7.49. The van der Waals surface area contributed by atoms with Gasteiger partial charge in [0.05, 0.1) is 22.2 Å². The van der Waals surface area contributed by atoms with Gasteiger partial charge in [-0.25, -0.2) is 0 Å². The summed E-state index contributed by atoms with van der Waals surface area (Å²) in [5.74, 6) is 2.73. The van der Waals surface area contributed by atoms with E-state index in [2.05, 4.69) is 71.4 Å². The Kier molecular flexibility index (Phi) is 7.45. The van der Waals surface area contributed by atoms with Crippen LogP contribution in [0, 0.1) is 15.2 Å². The van der Waals surface area contributed by atoms with Gasteiger partial charge in [-0.2, -0.15) is 0 Å². The molecule has 0 amide bonds. The number of hydrogen-bond donors (Lipinski definition) is 1. The number of halogens is 1. The SMILES string of the molecule is CCC1(O)CC(=O)OCc2c1cc(I)n(CC#C[Si](C)(C)CCc1ccccc1)c2=O. The van der Waals surface area contributed by atoms with Crippen molar-refractivity contribution in [3.8, 4) is 11.5 Å². The molecule has 1 unspecified atom stereocenters. The number of carbonyl (C=O) groups is 1. The summed E-state index contributed by atoms with van der Waals surface area (Å²) in [5, 5.41) is 11.0. The molecular weight excluding hydrogens is 521 g/mol. The van der Waals surface area contributed by atoms with Crippen molar-refractivity contribution in [1.29, 1.82) is 0 Å². The summed E-state index contributed by atoms with van der Waals surface area (Å²) in [4.78, 5) is 25.1. The van der Waals surface area contributed by atoms with Gasteiger partial charge in [0.2, 0.25) is 0 Å². The first-order chi connectivity index (χ1) is 14.6. The average molecular weight is 549 g/mol. The summed E-state index contributed by atoms with van der Waals surface area (Å²) in [7, 11) is -1.74. The summed E-state index contributed by atoms with van der Waals surface area (Å²) in [6.07, 6.45) is 1.19. The number of aliphatic hydroxyl groups is 1. The molecule has 1 atom stereocenters. The van der Waals surface area contributed by atoms with Crippen LogP contribution in [0.3, 0.4) is 0 Å². The zero-order valence-electron chi connectivity index (χ0n) is 18.2. The molecule has 0 aliphatic carbocycles. The standard InChI is InChI=1S/C24H28INO4Si/c1-4-24(29)16-22(27)30-17-19-20(24)15-21(25)26(23(19)28)12-8-13-31(2,3)14-11-18-9-6-5-7-10-18/h5-7,9-10,15,29H,4,11-12,14,16-17H2,1-3H3. The molecule has 1 aromatic heterocycles. The van der Waals surface area contributed by atoms with Gasteiger partial charge in [-0.3, -0.25) is 14.2 Å². The Hall–Kier alpha value is -1.89. The van der Waals surface area contributed by atoms with E-state index in [4.69, 9.17) is 4.74 Å². The van der Waals surface area contributed by atoms with Crippen molar-refractivity contribution in [3.63, 3.8) is 0 Å². The monoisotopic (exact) mass is 549 g/mol. The van der Waals surface area contributed by atoms with Crippen LogP contribution < -0.4 is 5.56 Å². The first-order valence-electron chi connectivity index (χ1n) is 10.5. The molecule has 5 nitrogen and oxygen atoms in total. The zero-order valence-corrected chi connectivity index (χ0v) is 21.4. The molecular formula is C24H28INO4Si. The van der Waals surface area contributed by atoms with Crippen molar-refractivity contribution >= 4 is 36.6 Å². The number of fused-ring (bicyclic) bond motifs is 1. The molecule has 0 saturated heterocycles. The van der Waals surface area contributed by atoms with Crippen molar-refractivity contribution < 1.29 is 14.6 Å². The summed E-state index contributed by atoms with van der Waals surface area (Å²) >= 11 is 2.10. The molecule has 1 aliphatic rings. The number of benzene rings is 1. The summed E-state index contributed by atoms with van der Waals surface area (Å²) in [6.45, 7) is 6.46. The molecule has 1 aromatic carbocycles. The molecule has 31 heavy (non-hydrogen) atoms. The minimum Gasteiger partial charge on any atom is -0.460 e. The number of aryl methyl sites for hydroxylation is 1. The van der Waals surface area contributed by atoms with Crippen LogP contribution in [0.2, 0.25) is 19.1 Å². The molecule has 164 valence electrons. The minimum atomic E-state index is -1.74. The van der Waals surface area contributed by atoms with Crippen LogP contribution in [0.4, 0.5) is 0 Å². The van der Waals surface area contributed by atoms with Gasteiger partial charge in [0.15, 0.2) is 0 Å². The number of esters is 1. The second kappa shape index (κ2) is 9.71. The van der Waals surface area contributed by atoms with Crippen LogP contribution in [0.25, 0.3) is 0 Å². The zero-order chi connectivity index (χ0) is 22.6. The number of aromatic nitrogens is 1. The maximum absolute atomic E-state index is 13.2. The lowest BCUT2D eigenvalue weighted by Gasteiger charge is -2.26. The number of ether oxygens (including phenoxy) is 1. The van der Waals surface area contributed by atoms with E-state index in [1.165, 1.54) is 5.56 Å². The van der Waals surface area contributed by atoms with Crippen molar-refractivity contribution in [2.45, 2.75) is 64.1 Å². The Balaban J connectivity index is 1.82. The van der Waals surface area contributed by atoms with Gasteiger partial charge in [-0.15, -0.1) is 5.54 Å². The van der Waals surface area contributed by atoms with Crippen LogP contribution in [0.5, 0.6) is 0 Å². The highest BCUT2D eigenvalue weighted by Crippen LogP contribution is 2.34. The molecule has 0 spiro atoms. The Morgan fingerprint density at radius 3 is 2.65 bits per heavy atom. The highest BCUT2D eigenvalue weighted by atomic mass is 127. The van der Waals surface area contributed by atoms with Crippen molar-refractivity contribution in [2.75, 3.05) is 0 Å². The molecule has 7 heteroatoms. The molecule has 0 radical (unpaired) electrons. The van der Waals surface area contributed by atoms with Crippen LogP contribution in [0.15, 0.2) is 41.2 Å². The maximum Gasteiger partial charge on any atom is 0.309 e. The van der Waals surface area contributed by atoms with E-state index >= 15 is 0 Å². The van der Waals surface area contributed by atoms with E-state index < -0.39 is 19.6 Å². The van der Waals surface area contributed by atoms with E-state index in [1.54, 1.807) is 17.6 Å². The number of hydrogen-bond acceptors (Lipinski definition) is 4. The smallest absolute Gasteiger partial charge is 0.309 e. The second-order valence-electron chi connectivity index (χ2n) is 8.64. The normalized spacial score (nSPS) is 18.4. The molecule has 0 bridgehead atoms. The first kappa shape index (κ1) is 23.8. The number of cyclic esters (lactones) is 1. The fourth-order valence-corrected chi connectivity index (χ4v) is 6.03. The van der Waals surface area contributed by atoms with Crippen LogP contribution in [-0.2, 0) is 34.7 Å². The molecule has 0 fully saturated rings. The predicted molar refractivity (Wildman–Crippen MR) is 132 cm³/mol. The van der Waals surface area contributed by atoms with E-state index in [1.807, 2.05) is 6.07 Å². The molecule has 2 aromatic rings. The fraction of sp³-hybridized carbons (Fsp3) is 0.417. The Morgan fingerprint density at radius 2 is 1.97 bits per heavy atom. The predicted octanol–water partition coefficient (Wildman–Crippen LogP) is 3.99. The van der Waals surface area contributed by atoms with E-state index in [9.17, 15) is 14.7 Å². The highest BCUT2D eigenvalue weighted by molar-refractivity contribution is 14.1. The number of pyridine rings is 1. The number of carbonyl (C=O) groups excluding carboxylic acids is 1. The van der Waals surface area contributed by atoms with E-state index in [0.29, 0.717) is 21.2 Å². The Bertz CT molecular complexity index is 1080. The quantitative estimate of drug-likeness (QED) is 0.202. The van der Waals surface area contributed by atoms with Gasteiger partial charge >= 0.3 is 5.97 Å². The van der Waals surface area contributed by atoms with Gasteiger partial charge < -0.3 is 9.84 Å². The Morgan fingerprint density at radius 1 is 1.26 bits per heavy atom. The third kappa shape index (κ3) is 5.67. The second-order valence-corrected chi connectivity index (χ2v) is 14.3. The van der Waals surface area contributed by atoms with Gasteiger partial charge in [-0.05, 0) is 58.7 Å². The van der Waals surface area contributed by atoms with Crippen molar-refractivity contribution in [1.82, 2.24) is 4.57 Å². The fourth-order valence-electron chi connectivity index (χ4n) is 3.74. The molecule has 0 saturated carbocycles. The summed E-state index contributed by atoms with van der Waals surface area (Å²) in [6, 6.07) is 13.3. The van der Waals surface area contributed by atoms with Crippen LogP contribution in [-0.4, -0.2) is 23.7 Å². The minimum absolute atomic E-state index is 0.114. The van der Waals surface area contributed by atoms with Crippen LogP contribution >= 0.6 is 22.6 Å². The number of rotatable bonds is 5. The van der Waals surface area contributed by atoms with E-state index in [-0.39, 0.29) is 25.1 Å². The largest absolute Gasteiger partial charge is 0.460 e. The lowest BCUT2D eigenvalue weighted by molar-refractivity contribution is -0.149. The lowest BCUT2D eigenvalue weighted by atomic mass is 9.86. The van der Waals surface area contributed by atoms with Gasteiger partial charge in [-0.1, -0.05) is 56.3 Å². The third-order valence-corrected chi connectivity index (χ3v) is 9.04. The molecule has 1 N–H and O–H groups in total. The third-order valence-electron chi connectivity index (χ3n) is 5.80. The molecule has 3 rings (SSSR count). The first-order valence-corrected chi connectivity index (χ1v) is 14.8. The van der Waals surface area contributed by atoms with E-state index in [0.717, 1.165) is 12.5 Å². The lowest BCUT2D eigenvalue weighted by Crippen LogP contribution is -2.33. The highest BCUT2D eigenvalue weighted by Gasteiger charge is 2.37. The Labute approximate surface area is 198 Å². The van der Waals surface area contributed by atoms with Crippen LogP contribution in [0.1, 0.15) is 36.5 Å². The van der Waals surface area contributed by atoms with Crippen molar-refractivity contribution in [2.24, 2.45) is 0 Å². The van der Waals surface area contributed by atoms with Gasteiger partial charge in [0.25, 0.3) is 5.56 Å². The average Bonchev–Trinajstić information content (AvgIpc) is 2.86. The number of nitrogens with zero attached hydrogens (tertiary/aromatic N) is 1. The molecule has 2 heterocycles. The van der Waals surface area contributed by atoms with Crippen molar-refractivity contribution in [3.05, 3.63) is 67.1 Å². The maximum atomic E-state index is 13.2. The van der Waals surface area contributed by atoms with Gasteiger partial charge in [0.1, 0.15) is 20.3 Å². The molecule has 1 aliphatic heterocycles. The topological polar surface area (TPSA) is 68.5 Å². The summed E-state index contributed by atoms with van der Waals surface area (Å²) in [5.41, 5.74) is 3.99. The van der Waals surface area contributed by atoms with Gasteiger partial charge in [0, 0.05) is 0 Å².